The Morgan fingerprint density at radius 2 is 1.89 bits per heavy atom. The number of fused-ring (bicyclic) bond motifs is 3. The highest BCUT2D eigenvalue weighted by Crippen LogP contribution is 2.43. The highest BCUT2D eigenvalue weighted by atomic mass is 16.5. The third-order valence-electron chi connectivity index (χ3n) is 7.06. The van der Waals surface area contributed by atoms with Gasteiger partial charge in [-0.25, -0.2) is 14.6 Å². The molecule has 0 aliphatic heterocycles. The summed E-state index contributed by atoms with van der Waals surface area (Å²) >= 11 is 0. The van der Waals surface area contributed by atoms with Gasteiger partial charge >= 0.3 is 0 Å². The van der Waals surface area contributed by atoms with Gasteiger partial charge in [-0.2, -0.15) is 5.10 Å². The molecule has 6 aromatic rings. The molecular weight excluding hydrogens is 480 g/mol. The van der Waals surface area contributed by atoms with Crippen LogP contribution in [0.25, 0.3) is 38.8 Å². The summed E-state index contributed by atoms with van der Waals surface area (Å²) in [4.78, 5) is 17.2. The smallest absolute Gasteiger partial charge is 0.145 e. The van der Waals surface area contributed by atoms with Crippen LogP contribution in [0.5, 0.6) is 5.75 Å². The predicted molar refractivity (Wildman–Crippen MR) is 144 cm³/mol. The monoisotopic (exact) mass is 506 g/mol. The van der Waals surface area contributed by atoms with Crippen LogP contribution in [-0.2, 0) is 0 Å². The number of H-pyrrole nitrogens is 1. The Hall–Kier alpha value is -4.73. The van der Waals surface area contributed by atoms with Crippen LogP contribution in [0.4, 0.5) is 11.6 Å². The third kappa shape index (κ3) is 3.60. The van der Waals surface area contributed by atoms with Crippen LogP contribution in [0.2, 0.25) is 0 Å². The molecule has 190 valence electrons. The maximum absolute atomic E-state index is 5.84. The highest BCUT2D eigenvalue weighted by Gasteiger charge is 2.28. The number of aromatic nitrogens is 7. The second-order valence-electron chi connectivity index (χ2n) is 9.74. The van der Waals surface area contributed by atoms with Crippen molar-refractivity contribution in [1.29, 1.82) is 0 Å². The van der Waals surface area contributed by atoms with E-state index in [0.717, 1.165) is 67.5 Å². The van der Waals surface area contributed by atoms with Crippen molar-refractivity contribution < 1.29 is 9.26 Å². The molecule has 5 heterocycles. The summed E-state index contributed by atoms with van der Waals surface area (Å²) in [5.74, 6) is 4.16. The molecule has 7 rings (SSSR count). The zero-order chi connectivity index (χ0) is 26.0. The first-order valence-corrected chi connectivity index (χ1v) is 12.6. The molecule has 10 heteroatoms. The Morgan fingerprint density at radius 1 is 1.08 bits per heavy atom. The van der Waals surface area contributed by atoms with Crippen LogP contribution in [-0.4, -0.2) is 42.0 Å². The first-order chi connectivity index (χ1) is 18.5. The Morgan fingerprint density at radius 3 is 2.61 bits per heavy atom. The minimum atomic E-state index is 0.505. The van der Waals surface area contributed by atoms with Crippen molar-refractivity contribution in [1.82, 2.24) is 34.9 Å². The molecule has 1 fully saturated rings. The molecule has 1 saturated carbocycles. The maximum Gasteiger partial charge on any atom is 0.145 e. The van der Waals surface area contributed by atoms with E-state index >= 15 is 0 Å². The molecule has 0 atom stereocenters. The normalized spacial score (nSPS) is 13.5. The number of methoxy groups -OCH3 is 1. The summed E-state index contributed by atoms with van der Waals surface area (Å²) in [6.45, 7) is 5.73. The van der Waals surface area contributed by atoms with E-state index in [1.54, 1.807) is 19.5 Å². The van der Waals surface area contributed by atoms with E-state index in [4.69, 9.17) is 24.3 Å². The van der Waals surface area contributed by atoms with Gasteiger partial charge in [0.05, 0.1) is 35.1 Å². The molecule has 5 aromatic heterocycles. The van der Waals surface area contributed by atoms with Gasteiger partial charge in [-0.15, -0.1) is 0 Å². The fourth-order valence-corrected chi connectivity index (χ4v) is 5.13. The summed E-state index contributed by atoms with van der Waals surface area (Å²) < 4.78 is 13.2. The summed E-state index contributed by atoms with van der Waals surface area (Å²) in [6, 6.07) is 10.1. The number of ether oxygens (including phenoxy) is 1. The molecular formula is C28H26N8O2. The van der Waals surface area contributed by atoms with Gasteiger partial charge in [-0.3, -0.25) is 4.98 Å². The lowest BCUT2D eigenvalue weighted by Crippen LogP contribution is -2.05. The lowest BCUT2D eigenvalue weighted by Gasteiger charge is -2.11. The fourth-order valence-electron chi connectivity index (χ4n) is 5.13. The number of rotatable bonds is 6. The van der Waals surface area contributed by atoms with E-state index in [1.807, 2.05) is 43.7 Å². The number of nitrogens with one attached hydrogen (secondary N) is 2. The molecule has 1 aliphatic rings. The first kappa shape index (κ1) is 22.5. The molecule has 0 amide bonds. The number of aryl methyl sites for hydroxylation is 3. The largest absolute Gasteiger partial charge is 0.496 e. The summed E-state index contributed by atoms with van der Waals surface area (Å²) in [6.07, 6.45) is 5.87. The minimum absolute atomic E-state index is 0.505. The predicted octanol–water partition coefficient (Wildman–Crippen LogP) is 5.90. The number of benzene rings is 1. The van der Waals surface area contributed by atoms with Crippen LogP contribution in [0.1, 0.15) is 41.7 Å². The average molecular weight is 507 g/mol. The van der Waals surface area contributed by atoms with Gasteiger partial charge in [0.15, 0.2) is 0 Å². The van der Waals surface area contributed by atoms with Crippen LogP contribution in [0.3, 0.4) is 0 Å². The SMILES string of the molecule is COc1cc2c(cc1-c1c(C)noc1C)[nH]c1nc(C)nc(Nc3cc(C4CC4)nn3-c3ccncc3)c12. The number of pyridine rings is 1. The van der Waals surface area contributed by atoms with Crippen molar-refractivity contribution in [2.45, 2.75) is 39.5 Å². The van der Waals surface area contributed by atoms with Crippen molar-refractivity contribution >= 4 is 33.6 Å². The summed E-state index contributed by atoms with van der Waals surface area (Å²) in [5, 5.41) is 14.5. The van der Waals surface area contributed by atoms with Crippen LogP contribution >= 0.6 is 0 Å². The highest BCUT2D eigenvalue weighted by molar-refractivity contribution is 6.13. The van der Waals surface area contributed by atoms with Gasteiger partial charge in [0.2, 0.25) is 0 Å². The quantitative estimate of drug-likeness (QED) is 0.286. The molecule has 0 unspecified atom stereocenters. The molecule has 0 bridgehead atoms. The second kappa shape index (κ2) is 8.41. The van der Waals surface area contributed by atoms with Crippen LogP contribution in [0, 0.1) is 20.8 Å². The van der Waals surface area contributed by atoms with Crippen LogP contribution in [0.15, 0.2) is 47.2 Å². The second-order valence-corrected chi connectivity index (χ2v) is 9.74. The molecule has 10 nitrogen and oxygen atoms in total. The summed E-state index contributed by atoms with van der Waals surface area (Å²) in [5.41, 5.74) is 6.32. The Balaban J connectivity index is 1.41. The van der Waals surface area contributed by atoms with E-state index in [-0.39, 0.29) is 0 Å². The topological polar surface area (TPSA) is 120 Å². The molecule has 2 N–H and O–H groups in total. The molecule has 0 spiro atoms. The van der Waals surface area contributed by atoms with Crippen molar-refractivity contribution in [3.05, 3.63) is 65.7 Å². The number of hydrogen-bond donors (Lipinski definition) is 2. The van der Waals surface area contributed by atoms with E-state index in [1.165, 1.54) is 12.8 Å². The molecule has 1 aromatic carbocycles. The average Bonchev–Trinajstić information content (AvgIpc) is 3.46. The van der Waals surface area contributed by atoms with Gasteiger partial charge in [-0.1, -0.05) is 5.16 Å². The molecule has 38 heavy (non-hydrogen) atoms. The lowest BCUT2D eigenvalue weighted by atomic mass is 10.0. The van der Waals surface area contributed by atoms with E-state index in [9.17, 15) is 0 Å². The molecule has 0 radical (unpaired) electrons. The Kier molecular flexibility index (Phi) is 4.97. The lowest BCUT2D eigenvalue weighted by molar-refractivity contribution is 0.393. The standard InChI is InChI=1S/C28H26N8O2/c1-14-25(15(2)38-35-14)20-11-22-19(12-23(20)37-4)26-27(32-22)30-16(3)31-28(26)33-24-13-21(17-5-6-17)34-36(24)18-7-9-29-10-8-18/h7-13,17H,5-6H2,1-4H3,(H2,30,31,32,33). The van der Waals surface area contributed by atoms with Gasteiger partial charge in [0.1, 0.15) is 34.6 Å². The van der Waals surface area contributed by atoms with Gasteiger partial charge in [-0.05, 0) is 57.9 Å². The third-order valence-corrected chi connectivity index (χ3v) is 7.06. The first-order valence-electron chi connectivity index (χ1n) is 12.6. The van der Waals surface area contributed by atoms with Gasteiger partial charge < -0.3 is 19.6 Å². The van der Waals surface area contributed by atoms with Gasteiger partial charge in [0, 0.05) is 40.8 Å². The minimum Gasteiger partial charge on any atom is -0.496 e. The van der Waals surface area contributed by atoms with Gasteiger partial charge in [0.25, 0.3) is 0 Å². The van der Waals surface area contributed by atoms with Crippen molar-refractivity contribution in [2.75, 3.05) is 12.4 Å². The van der Waals surface area contributed by atoms with Crippen LogP contribution < -0.4 is 10.1 Å². The maximum atomic E-state index is 5.84. The number of aromatic amines is 1. The zero-order valence-electron chi connectivity index (χ0n) is 21.5. The van der Waals surface area contributed by atoms with Crippen molar-refractivity contribution in [2.24, 2.45) is 0 Å². The number of anilines is 2. The molecule has 1 aliphatic carbocycles. The fraction of sp³-hybridized carbons (Fsp3) is 0.250. The van der Waals surface area contributed by atoms with E-state index in [2.05, 4.69) is 32.6 Å². The van der Waals surface area contributed by atoms with Crippen molar-refractivity contribution in [3.63, 3.8) is 0 Å². The Labute approximate surface area is 218 Å². The Bertz CT molecular complexity index is 1810. The summed E-state index contributed by atoms with van der Waals surface area (Å²) in [7, 11) is 1.67. The van der Waals surface area contributed by atoms with Crippen molar-refractivity contribution in [3.8, 4) is 22.6 Å². The number of hydrogen-bond acceptors (Lipinski definition) is 8. The van der Waals surface area contributed by atoms with E-state index in [0.29, 0.717) is 17.6 Å². The molecule has 0 saturated heterocycles. The number of nitrogens with zero attached hydrogens (tertiary/aromatic N) is 6. The zero-order valence-corrected chi connectivity index (χ0v) is 21.5. The van der Waals surface area contributed by atoms with E-state index < -0.39 is 0 Å².